The summed E-state index contributed by atoms with van der Waals surface area (Å²) in [5.41, 5.74) is 1.66. The number of fused-ring (bicyclic) bond motifs is 1. The van der Waals surface area contributed by atoms with Gasteiger partial charge in [-0.15, -0.1) is 0 Å². The summed E-state index contributed by atoms with van der Waals surface area (Å²) >= 11 is 0. The zero-order chi connectivity index (χ0) is 26.0. The van der Waals surface area contributed by atoms with Crippen LogP contribution in [-0.2, 0) is 20.2 Å². The quantitative estimate of drug-likeness (QED) is 0.433. The third kappa shape index (κ3) is 5.22. The van der Waals surface area contributed by atoms with Crippen molar-refractivity contribution in [2.45, 2.75) is 31.6 Å². The Labute approximate surface area is 214 Å². The van der Waals surface area contributed by atoms with E-state index in [2.05, 4.69) is 30.0 Å². The molecule has 2 aliphatic rings. The molecule has 2 heterocycles. The molecule has 5 rings (SSSR count). The number of carbonyl (C=O) groups is 1. The van der Waals surface area contributed by atoms with E-state index in [9.17, 15) is 13.2 Å². The number of nitriles is 1. The molecule has 0 radical (unpaired) electrons. The first-order valence-electron chi connectivity index (χ1n) is 11.9. The van der Waals surface area contributed by atoms with Crippen LogP contribution in [0.3, 0.4) is 0 Å². The van der Waals surface area contributed by atoms with Crippen LogP contribution in [0.4, 0.5) is 11.5 Å². The number of rotatable bonds is 9. The van der Waals surface area contributed by atoms with E-state index in [-0.39, 0.29) is 11.7 Å². The Balaban J connectivity index is 1.37. The van der Waals surface area contributed by atoms with Crippen molar-refractivity contribution < 1.29 is 17.9 Å². The van der Waals surface area contributed by atoms with E-state index < -0.39 is 21.2 Å². The van der Waals surface area contributed by atoms with Crippen LogP contribution < -0.4 is 14.8 Å². The smallest absolute Gasteiger partial charge is 0.247 e. The van der Waals surface area contributed by atoms with E-state index in [0.717, 1.165) is 12.0 Å². The number of hydrogen-bond acceptors (Lipinski definition) is 9. The van der Waals surface area contributed by atoms with Crippen LogP contribution in [0.2, 0.25) is 0 Å². The lowest BCUT2D eigenvalue weighted by Crippen LogP contribution is -2.40. The minimum Gasteiger partial charge on any atom is -0.477 e. The second-order valence-corrected chi connectivity index (χ2v) is 11.0. The van der Waals surface area contributed by atoms with Crippen molar-refractivity contribution in [3.8, 4) is 23.2 Å². The normalized spacial score (nSPS) is 21.9. The highest BCUT2D eigenvalue weighted by Gasteiger charge is 2.59. The van der Waals surface area contributed by atoms with Crippen molar-refractivity contribution >= 4 is 27.4 Å². The number of amides is 1. The summed E-state index contributed by atoms with van der Waals surface area (Å²) in [6, 6.07) is 10.4. The van der Waals surface area contributed by atoms with Crippen LogP contribution in [-0.4, -0.2) is 46.6 Å². The molecule has 11 nitrogen and oxygen atoms in total. The fraction of sp³-hybridized carbons (Fsp3) is 0.360. The largest absolute Gasteiger partial charge is 0.477 e. The summed E-state index contributed by atoms with van der Waals surface area (Å²) in [5, 5.41) is 11.8. The van der Waals surface area contributed by atoms with E-state index in [0.29, 0.717) is 54.2 Å². The predicted molar refractivity (Wildman–Crippen MR) is 135 cm³/mol. The Bertz CT molecular complexity index is 1460. The topological polar surface area (TPSA) is 160 Å². The Hall–Kier alpha value is -4.11. The molecule has 2 saturated carbocycles. The minimum atomic E-state index is -3.87. The second-order valence-electron chi connectivity index (χ2n) is 9.26. The van der Waals surface area contributed by atoms with E-state index >= 15 is 0 Å². The second kappa shape index (κ2) is 9.74. The Morgan fingerprint density at radius 1 is 1.19 bits per heavy atom. The van der Waals surface area contributed by atoms with Gasteiger partial charge in [-0.3, -0.25) is 14.5 Å². The monoisotopic (exact) mass is 519 g/mol. The maximum atomic E-state index is 13.7. The van der Waals surface area contributed by atoms with Crippen LogP contribution >= 0.6 is 0 Å². The van der Waals surface area contributed by atoms with Gasteiger partial charge in [-0.05, 0) is 50.2 Å². The number of hydrogen-bond donors (Lipinski definition) is 2. The molecule has 2 aromatic heterocycles. The average Bonchev–Trinajstić information content (AvgIpc) is 3.49. The summed E-state index contributed by atoms with van der Waals surface area (Å²) < 4.78 is 31.8. The molecule has 2 fully saturated rings. The first-order valence-corrected chi connectivity index (χ1v) is 13.5. The number of sulfonamides is 1. The molecular weight excluding hydrogens is 494 g/mol. The van der Waals surface area contributed by atoms with Gasteiger partial charge in [-0.2, -0.15) is 5.26 Å². The van der Waals surface area contributed by atoms with Crippen LogP contribution in [0.1, 0.15) is 31.9 Å². The minimum absolute atomic E-state index is 0.0349. The zero-order valence-corrected chi connectivity index (χ0v) is 20.9. The standard InChI is InChI=1S/C25H25N7O4S/c1-2-36-23-14-27-13-20(31-23)16-3-5-19(6-4-16)30-24(33)25(11-17-9-18(17)12-25)21-10-22(29-15-28-21)32-37(34,35)8-7-26/h3-6,10,13-15,17-18H,2,8-9,11-12H2,1H3,(H,30,33)(H,28,29,32). The average molecular weight is 520 g/mol. The van der Waals surface area contributed by atoms with E-state index in [4.69, 9.17) is 10.00 Å². The zero-order valence-electron chi connectivity index (χ0n) is 20.1. The van der Waals surface area contributed by atoms with Gasteiger partial charge in [0.25, 0.3) is 0 Å². The van der Waals surface area contributed by atoms with E-state index in [1.807, 2.05) is 19.1 Å². The van der Waals surface area contributed by atoms with Crippen molar-refractivity contribution in [1.29, 1.82) is 5.26 Å². The molecule has 2 N–H and O–H groups in total. The van der Waals surface area contributed by atoms with Gasteiger partial charge in [-0.1, -0.05) is 12.1 Å². The van der Waals surface area contributed by atoms with Crippen molar-refractivity contribution in [2.75, 3.05) is 22.4 Å². The fourth-order valence-corrected chi connectivity index (χ4v) is 5.61. The Morgan fingerprint density at radius 3 is 2.65 bits per heavy atom. The molecular formula is C25H25N7O4S. The van der Waals surface area contributed by atoms with Gasteiger partial charge in [0.05, 0.1) is 41.9 Å². The van der Waals surface area contributed by atoms with Crippen LogP contribution in [0, 0.1) is 23.2 Å². The van der Waals surface area contributed by atoms with Crippen molar-refractivity contribution in [3.63, 3.8) is 0 Å². The Morgan fingerprint density at radius 2 is 1.95 bits per heavy atom. The number of carbonyl (C=O) groups excluding carboxylic acids is 1. The lowest BCUT2D eigenvalue weighted by Gasteiger charge is -2.29. The fourth-order valence-electron chi connectivity index (χ4n) is 4.93. The van der Waals surface area contributed by atoms with Crippen LogP contribution in [0.15, 0.2) is 49.1 Å². The molecule has 0 aliphatic heterocycles. The van der Waals surface area contributed by atoms with Crippen molar-refractivity contribution in [2.24, 2.45) is 11.8 Å². The molecule has 2 unspecified atom stereocenters. The molecule has 37 heavy (non-hydrogen) atoms. The summed E-state index contributed by atoms with van der Waals surface area (Å²) in [4.78, 5) is 30.6. The van der Waals surface area contributed by atoms with Crippen LogP contribution in [0.25, 0.3) is 11.3 Å². The highest BCUT2D eigenvalue weighted by atomic mass is 32.2. The maximum absolute atomic E-state index is 13.7. The summed E-state index contributed by atoms with van der Waals surface area (Å²) in [6.07, 6.45) is 6.78. The van der Waals surface area contributed by atoms with Gasteiger partial charge in [-0.25, -0.2) is 23.4 Å². The summed E-state index contributed by atoms with van der Waals surface area (Å²) in [7, 11) is -3.87. The molecule has 12 heteroatoms. The summed E-state index contributed by atoms with van der Waals surface area (Å²) in [6.45, 7) is 2.37. The molecule has 1 aromatic carbocycles. The molecule has 0 bridgehead atoms. The molecule has 0 saturated heterocycles. The number of ether oxygens (including phenoxy) is 1. The first kappa shape index (κ1) is 24.6. The molecule has 3 aromatic rings. The molecule has 1 amide bonds. The lowest BCUT2D eigenvalue weighted by molar-refractivity contribution is -0.122. The third-order valence-electron chi connectivity index (χ3n) is 6.74. The van der Waals surface area contributed by atoms with Crippen molar-refractivity contribution in [3.05, 3.63) is 54.7 Å². The molecule has 0 spiro atoms. The van der Waals surface area contributed by atoms with Crippen LogP contribution in [0.5, 0.6) is 5.88 Å². The first-order chi connectivity index (χ1) is 17.8. The molecule has 2 atom stereocenters. The summed E-state index contributed by atoms with van der Waals surface area (Å²) in [5.74, 6) is 0.469. The Kier molecular flexibility index (Phi) is 6.47. The van der Waals surface area contributed by atoms with Gasteiger partial charge in [0.15, 0.2) is 5.75 Å². The number of nitrogens with zero attached hydrogens (tertiary/aromatic N) is 5. The number of benzene rings is 1. The molecule has 190 valence electrons. The number of anilines is 2. The van der Waals surface area contributed by atoms with Gasteiger partial charge in [0, 0.05) is 17.3 Å². The van der Waals surface area contributed by atoms with Gasteiger partial charge in [0.1, 0.15) is 12.1 Å². The lowest BCUT2D eigenvalue weighted by atomic mass is 9.78. The maximum Gasteiger partial charge on any atom is 0.247 e. The van der Waals surface area contributed by atoms with Crippen molar-refractivity contribution in [1.82, 2.24) is 19.9 Å². The van der Waals surface area contributed by atoms with E-state index in [1.165, 1.54) is 12.4 Å². The van der Waals surface area contributed by atoms with E-state index in [1.54, 1.807) is 30.6 Å². The van der Waals surface area contributed by atoms with Gasteiger partial charge < -0.3 is 10.1 Å². The van der Waals surface area contributed by atoms with Gasteiger partial charge >= 0.3 is 0 Å². The SMILES string of the molecule is CCOc1cncc(-c2ccc(NC(=O)C3(c4cc(NS(=O)(=O)CC#N)ncn4)CC4CC4C3)cc2)n1. The predicted octanol–water partition coefficient (Wildman–Crippen LogP) is 2.90. The third-order valence-corrected chi connectivity index (χ3v) is 7.77. The number of nitrogens with one attached hydrogen (secondary N) is 2. The molecule has 2 aliphatic carbocycles. The number of aromatic nitrogens is 4. The highest BCUT2D eigenvalue weighted by Crippen LogP contribution is 2.60. The van der Waals surface area contributed by atoms with Gasteiger partial charge in [0.2, 0.25) is 21.8 Å². The highest BCUT2D eigenvalue weighted by molar-refractivity contribution is 7.92.